The molecule has 0 aliphatic heterocycles. The third-order valence-electron chi connectivity index (χ3n) is 0.167. The van der Waals surface area contributed by atoms with Gasteiger partial charge in [0.2, 0.25) is 0 Å². The van der Waals surface area contributed by atoms with Crippen molar-refractivity contribution >= 4 is 0 Å². The number of methoxy groups -OCH3 is 1. The van der Waals surface area contributed by atoms with E-state index in [1.807, 2.05) is 0 Å². The summed E-state index contributed by atoms with van der Waals surface area (Å²) in [7, 11) is 1.56. The zero-order chi connectivity index (χ0) is 6.12. The van der Waals surface area contributed by atoms with Crippen LogP contribution in [0.15, 0.2) is 0 Å². The van der Waals surface area contributed by atoms with Crippen LogP contribution < -0.4 is 5.73 Å². The van der Waals surface area contributed by atoms with Gasteiger partial charge in [-0.05, 0) is 0 Å². The van der Waals surface area contributed by atoms with Crippen LogP contribution in [0.25, 0.3) is 0 Å². The summed E-state index contributed by atoms with van der Waals surface area (Å²) in [6.45, 7) is 4.57. The van der Waals surface area contributed by atoms with Crippen molar-refractivity contribution in [2.45, 2.75) is 20.3 Å². The molecule has 0 unspecified atom stereocenters. The fraction of sp³-hybridized carbons (Fsp3) is 1.00. The number of ether oxygens (including phenoxy) is 1. The molecule has 0 amide bonds. The van der Waals surface area contributed by atoms with E-state index < -0.39 is 0 Å². The Morgan fingerprint density at radius 2 is 1.57 bits per heavy atom. The first kappa shape index (κ1) is 10.0. The lowest BCUT2D eigenvalue weighted by atomic mass is 10.6. The Morgan fingerprint density at radius 1 is 1.43 bits per heavy atom. The zero-order valence-corrected chi connectivity index (χ0v) is 5.40. The summed E-state index contributed by atoms with van der Waals surface area (Å²) in [5.74, 6) is 0. The topological polar surface area (TPSA) is 35.2 Å². The highest BCUT2D eigenvalue weighted by Gasteiger charge is 1.50. The Labute approximate surface area is 45.7 Å². The number of hydrogen-bond acceptors (Lipinski definition) is 2. The molecule has 0 aromatic rings. The average molecular weight is 105 g/mol. The van der Waals surface area contributed by atoms with E-state index in [0.29, 0.717) is 6.73 Å². The summed E-state index contributed by atoms with van der Waals surface area (Å²) in [5, 5.41) is 0. The van der Waals surface area contributed by atoms with E-state index in [-0.39, 0.29) is 0 Å². The smallest absolute Gasteiger partial charge is 0.0936 e. The molecule has 0 saturated heterocycles. The van der Waals surface area contributed by atoms with Gasteiger partial charge >= 0.3 is 0 Å². The van der Waals surface area contributed by atoms with E-state index in [9.17, 15) is 0 Å². The van der Waals surface area contributed by atoms with Crippen LogP contribution in [0, 0.1) is 0 Å². The van der Waals surface area contributed by atoms with Crippen molar-refractivity contribution in [2.24, 2.45) is 5.73 Å². The average Bonchev–Trinajstić information content (AvgIpc) is 1.69. The van der Waals surface area contributed by atoms with Gasteiger partial charge < -0.3 is 10.5 Å². The van der Waals surface area contributed by atoms with E-state index in [2.05, 4.69) is 18.6 Å². The third kappa shape index (κ3) is 107. The summed E-state index contributed by atoms with van der Waals surface area (Å²) in [6.07, 6.45) is 1.25. The van der Waals surface area contributed by atoms with Crippen molar-refractivity contribution in [2.75, 3.05) is 13.8 Å². The number of nitrogens with two attached hydrogens (primary N) is 1. The van der Waals surface area contributed by atoms with Crippen LogP contribution in [-0.4, -0.2) is 13.8 Å². The molecule has 0 fully saturated rings. The molecule has 0 aliphatic rings. The highest BCUT2D eigenvalue weighted by Crippen LogP contribution is 1.56. The predicted molar refractivity (Wildman–Crippen MR) is 32.0 cm³/mol. The van der Waals surface area contributed by atoms with Gasteiger partial charge in [-0.15, -0.1) is 0 Å². The Kier molecular flexibility index (Phi) is 24.1. The fourth-order valence-corrected chi connectivity index (χ4v) is 0. The van der Waals surface area contributed by atoms with Gasteiger partial charge in [0.15, 0.2) is 0 Å². The first-order valence-corrected chi connectivity index (χ1v) is 2.52. The highest BCUT2D eigenvalue weighted by atomic mass is 16.5. The number of hydrogen-bond donors (Lipinski definition) is 1. The van der Waals surface area contributed by atoms with E-state index in [1.54, 1.807) is 7.11 Å². The second-order valence-corrected chi connectivity index (χ2v) is 1.16. The molecule has 0 heterocycles. The highest BCUT2D eigenvalue weighted by molar-refractivity contribution is 3.92. The Morgan fingerprint density at radius 3 is 1.57 bits per heavy atom. The summed E-state index contributed by atoms with van der Waals surface area (Å²) in [4.78, 5) is 0. The Hall–Kier alpha value is -0.0800. The minimum Gasteiger partial charge on any atom is -0.370 e. The molecule has 0 spiro atoms. The second-order valence-electron chi connectivity index (χ2n) is 1.16. The zero-order valence-electron chi connectivity index (χ0n) is 5.40. The Bertz CT molecular complexity index is 15.6. The van der Waals surface area contributed by atoms with Crippen molar-refractivity contribution in [1.82, 2.24) is 0 Å². The van der Waals surface area contributed by atoms with Crippen LogP contribution in [0.4, 0.5) is 0 Å². The maximum absolute atomic E-state index is 4.81. The largest absolute Gasteiger partial charge is 0.370 e. The van der Waals surface area contributed by atoms with Gasteiger partial charge in [0, 0.05) is 7.11 Å². The van der Waals surface area contributed by atoms with Crippen LogP contribution in [-0.2, 0) is 4.74 Å². The molecule has 2 heteroatoms. The summed E-state index contributed by atoms with van der Waals surface area (Å²) in [6, 6.07) is 0. The van der Waals surface area contributed by atoms with E-state index >= 15 is 0 Å². The van der Waals surface area contributed by atoms with Crippen molar-refractivity contribution in [1.29, 1.82) is 0 Å². The molecule has 0 radical (unpaired) electrons. The second kappa shape index (κ2) is 16.8. The minimum absolute atomic E-state index is 0.319. The quantitative estimate of drug-likeness (QED) is 0.504. The lowest BCUT2D eigenvalue weighted by Gasteiger charge is -1.77. The number of rotatable bonds is 1. The Balaban J connectivity index is 0. The molecule has 0 aromatic heterocycles. The molecule has 0 saturated carbocycles. The van der Waals surface area contributed by atoms with Crippen LogP contribution >= 0.6 is 0 Å². The van der Waals surface area contributed by atoms with Gasteiger partial charge in [0.05, 0.1) is 6.73 Å². The first-order chi connectivity index (χ1) is 3.33. The van der Waals surface area contributed by atoms with Gasteiger partial charge in [-0.3, -0.25) is 0 Å². The van der Waals surface area contributed by atoms with Gasteiger partial charge in [-0.25, -0.2) is 0 Å². The summed E-state index contributed by atoms with van der Waals surface area (Å²) in [5.41, 5.74) is 4.81. The van der Waals surface area contributed by atoms with Crippen LogP contribution in [0.5, 0.6) is 0 Å². The fourth-order valence-electron chi connectivity index (χ4n) is 0. The summed E-state index contributed by atoms with van der Waals surface area (Å²) < 4.78 is 4.32. The summed E-state index contributed by atoms with van der Waals surface area (Å²) >= 11 is 0. The van der Waals surface area contributed by atoms with E-state index in [4.69, 9.17) is 5.73 Å². The molecule has 7 heavy (non-hydrogen) atoms. The maximum Gasteiger partial charge on any atom is 0.0936 e. The lowest BCUT2D eigenvalue weighted by Crippen LogP contribution is -1.98. The normalized spacial score (nSPS) is 6.86. The maximum atomic E-state index is 4.81. The molecule has 2 N–H and O–H groups in total. The predicted octanol–water partition coefficient (Wildman–Crippen LogP) is 0.965. The van der Waals surface area contributed by atoms with Crippen molar-refractivity contribution < 1.29 is 4.74 Å². The molecule has 2 nitrogen and oxygen atoms in total. The van der Waals surface area contributed by atoms with Crippen molar-refractivity contribution in [3.63, 3.8) is 0 Å². The van der Waals surface area contributed by atoms with Gasteiger partial charge in [0.1, 0.15) is 0 Å². The molecular weight excluding hydrogens is 90.1 g/mol. The van der Waals surface area contributed by atoms with Crippen LogP contribution in [0.2, 0.25) is 0 Å². The van der Waals surface area contributed by atoms with Gasteiger partial charge in [-0.1, -0.05) is 20.3 Å². The molecule has 0 bridgehead atoms. The molecule has 0 aliphatic carbocycles. The van der Waals surface area contributed by atoms with E-state index in [0.717, 1.165) is 0 Å². The monoisotopic (exact) mass is 105 g/mol. The lowest BCUT2D eigenvalue weighted by molar-refractivity contribution is 0.207. The molecule has 0 rings (SSSR count). The molecule has 0 aromatic carbocycles. The first-order valence-electron chi connectivity index (χ1n) is 2.52. The molecular formula is C5H15NO. The molecule has 0 atom stereocenters. The third-order valence-corrected chi connectivity index (χ3v) is 0.167. The SMILES string of the molecule is CCC.COCN. The molecule has 46 valence electrons. The minimum atomic E-state index is 0.319. The van der Waals surface area contributed by atoms with Crippen LogP contribution in [0.1, 0.15) is 20.3 Å². The van der Waals surface area contributed by atoms with Gasteiger partial charge in [-0.2, -0.15) is 0 Å². The van der Waals surface area contributed by atoms with Crippen molar-refractivity contribution in [3.8, 4) is 0 Å². The van der Waals surface area contributed by atoms with Crippen molar-refractivity contribution in [3.05, 3.63) is 0 Å². The van der Waals surface area contributed by atoms with Gasteiger partial charge in [0.25, 0.3) is 0 Å². The standard InChI is InChI=1S/C3H8.C2H7NO/c1-3-2;1-4-2-3/h3H2,1-2H3;2-3H2,1H3. The van der Waals surface area contributed by atoms with E-state index in [1.165, 1.54) is 6.42 Å². The van der Waals surface area contributed by atoms with Crippen LogP contribution in [0.3, 0.4) is 0 Å².